The van der Waals surface area contributed by atoms with E-state index in [1.54, 1.807) is 0 Å². The summed E-state index contributed by atoms with van der Waals surface area (Å²) in [4.78, 5) is 14.7. The van der Waals surface area contributed by atoms with Crippen molar-refractivity contribution in [2.75, 3.05) is 23.3 Å². The Bertz CT molecular complexity index is 638. The van der Waals surface area contributed by atoms with Crippen LogP contribution in [0.25, 0.3) is 0 Å². The number of amides is 1. The van der Waals surface area contributed by atoms with E-state index in [1.165, 1.54) is 31.4 Å². The normalized spacial score (nSPS) is 15.1. The van der Waals surface area contributed by atoms with Gasteiger partial charge in [0.05, 0.1) is 0 Å². The van der Waals surface area contributed by atoms with Gasteiger partial charge in [0, 0.05) is 30.0 Å². The van der Waals surface area contributed by atoms with Crippen LogP contribution in [-0.2, 0) is 0 Å². The predicted octanol–water partition coefficient (Wildman–Crippen LogP) is 4.63. The van der Waals surface area contributed by atoms with Crippen molar-refractivity contribution in [3.05, 3.63) is 59.7 Å². The van der Waals surface area contributed by atoms with Gasteiger partial charge in [-0.15, -0.1) is 0 Å². The second kappa shape index (κ2) is 7.32. The first-order valence-electron chi connectivity index (χ1n) is 8.45. The van der Waals surface area contributed by atoms with Gasteiger partial charge in [-0.1, -0.05) is 30.5 Å². The highest BCUT2D eigenvalue weighted by Gasteiger charge is 2.10. The fourth-order valence-electron chi connectivity index (χ4n) is 2.99. The van der Waals surface area contributed by atoms with E-state index in [2.05, 4.69) is 22.3 Å². The molecule has 1 N–H and O–H groups in total. The first-order chi connectivity index (χ1) is 11.2. The molecule has 0 spiro atoms. The molecule has 2 aromatic rings. The molecule has 1 saturated heterocycles. The molecule has 1 heterocycles. The van der Waals surface area contributed by atoms with Gasteiger partial charge >= 0.3 is 0 Å². The number of aryl methyl sites for hydroxylation is 1. The second-order valence-corrected chi connectivity index (χ2v) is 6.27. The Morgan fingerprint density at radius 2 is 1.48 bits per heavy atom. The van der Waals surface area contributed by atoms with Crippen LogP contribution in [0.4, 0.5) is 11.4 Å². The van der Waals surface area contributed by atoms with Gasteiger partial charge in [0.1, 0.15) is 0 Å². The second-order valence-electron chi connectivity index (χ2n) is 6.27. The van der Waals surface area contributed by atoms with Crippen molar-refractivity contribution < 1.29 is 4.79 Å². The summed E-state index contributed by atoms with van der Waals surface area (Å²) in [7, 11) is 0. The SMILES string of the molecule is Cc1ccc(C(=O)Nc2ccc(N3CCCCCC3)cc2)cc1. The lowest BCUT2D eigenvalue weighted by Gasteiger charge is -2.22. The van der Waals surface area contributed by atoms with E-state index in [-0.39, 0.29) is 5.91 Å². The average molecular weight is 308 g/mol. The highest BCUT2D eigenvalue weighted by Crippen LogP contribution is 2.22. The van der Waals surface area contributed by atoms with E-state index in [9.17, 15) is 4.79 Å². The van der Waals surface area contributed by atoms with Crippen LogP contribution in [0, 0.1) is 6.92 Å². The summed E-state index contributed by atoms with van der Waals surface area (Å²) in [6.07, 6.45) is 5.21. The summed E-state index contributed by atoms with van der Waals surface area (Å²) in [6, 6.07) is 15.8. The molecule has 23 heavy (non-hydrogen) atoms. The molecule has 120 valence electrons. The van der Waals surface area contributed by atoms with Crippen molar-refractivity contribution in [2.24, 2.45) is 0 Å². The molecule has 3 nitrogen and oxygen atoms in total. The first kappa shape index (κ1) is 15.6. The van der Waals surface area contributed by atoms with Crippen molar-refractivity contribution in [1.29, 1.82) is 0 Å². The average Bonchev–Trinajstić information content (AvgIpc) is 2.85. The molecular formula is C20H24N2O. The highest BCUT2D eigenvalue weighted by molar-refractivity contribution is 6.04. The Kier molecular flexibility index (Phi) is 4.96. The Morgan fingerprint density at radius 3 is 2.09 bits per heavy atom. The molecular weight excluding hydrogens is 284 g/mol. The molecule has 3 heteroatoms. The minimum absolute atomic E-state index is 0.0625. The van der Waals surface area contributed by atoms with Gasteiger partial charge < -0.3 is 10.2 Å². The number of nitrogens with zero attached hydrogens (tertiary/aromatic N) is 1. The van der Waals surface area contributed by atoms with Gasteiger partial charge in [-0.3, -0.25) is 4.79 Å². The number of carbonyl (C=O) groups is 1. The molecule has 0 bridgehead atoms. The zero-order valence-corrected chi connectivity index (χ0v) is 13.7. The minimum Gasteiger partial charge on any atom is -0.372 e. The van der Waals surface area contributed by atoms with Crippen LogP contribution in [0.1, 0.15) is 41.6 Å². The fourth-order valence-corrected chi connectivity index (χ4v) is 2.99. The van der Waals surface area contributed by atoms with Crippen LogP contribution in [0.2, 0.25) is 0 Å². The van der Waals surface area contributed by atoms with Crippen LogP contribution in [0.3, 0.4) is 0 Å². The third-order valence-corrected chi connectivity index (χ3v) is 4.41. The third kappa shape index (κ3) is 4.13. The zero-order chi connectivity index (χ0) is 16.1. The highest BCUT2D eigenvalue weighted by atomic mass is 16.1. The molecule has 0 aromatic heterocycles. The lowest BCUT2D eigenvalue weighted by molar-refractivity contribution is 0.102. The summed E-state index contributed by atoms with van der Waals surface area (Å²) < 4.78 is 0. The molecule has 1 amide bonds. The fraction of sp³-hybridized carbons (Fsp3) is 0.350. The van der Waals surface area contributed by atoms with E-state index in [0.29, 0.717) is 5.56 Å². The Morgan fingerprint density at radius 1 is 0.870 bits per heavy atom. The topological polar surface area (TPSA) is 32.3 Å². The number of benzene rings is 2. The van der Waals surface area contributed by atoms with E-state index in [0.717, 1.165) is 24.3 Å². The maximum atomic E-state index is 12.2. The molecule has 1 aliphatic heterocycles. The molecule has 2 aromatic carbocycles. The molecule has 0 radical (unpaired) electrons. The van der Waals surface area contributed by atoms with Crippen LogP contribution >= 0.6 is 0 Å². The van der Waals surface area contributed by atoms with Crippen LogP contribution in [0.15, 0.2) is 48.5 Å². The van der Waals surface area contributed by atoms with Crippen molar-refractivity contribution in [3.8, 4) is 0 Å². The molecule has 1 fully saturated rings. The van der Waals surface area contributed by atoms with E-state index < -0.39 is 0 Å². The van der Waals surface area contributed by atoms with Gasteiger partial charge in [-0.05, 0) is 56.2 Å². The lowest BCUT2D eigenvalue weighted by atomic mass is 10.1. The smallest absolute Gasteiger partial charge is 0.255 e. The van der Waals surface area contributed by atoms with Crippen molar-refractivity contribution >= 4 is 17.3 Å². The van der Waals surface area contributed by atoms with Gasteiger partial charge in [-0.25, -0.2) is 0 Å². The first-order valence-corrected chi connectivity index (χ1v) is 8.45. The molecule has 3 rings (SSSR count). The Labute approximate surface area is 138 Å². The standard InChI is InChI=1S/C20H24N2O/c1-16-6-8-17(9-7-16)20(23)21-18-10-12-19(13-11-18)22-14-4-2-3-5-15-22/h6-13H,2-5,14-15H2,1H3,(H,21,23). The predicted molar refractivity (Wildman–Crippen MR) is 96.3 cm³/mol. The summed E-state index contributed by atoms with van der Waals surface area (Å²) in [6.45, 7) is 4.29. The number of nitrogens with one attached hydrogen (secondary N) is 1. The number of hydrogen-bond acceptors (Lipinski definition) is 2. The summed E-state index contributed by atoms with van der Waals surface area (Å²) in [5, 5.41) is 2.96. The summed E-state index contributed by atoms with van der Waals surface area (Å²) >= 11 is 0. The summed E-state index contributed by atoms with van der Waals surface area (Å²) in [5.41, 5.74) is 3.94. The van der Waals surface area contributed by atoms with E-state index in [4.69, 9.17) is 0 Å². The van der Waals surface area contributed by atoms with Crippen LogP contribution < -0.4 is 10.2 Å². The maximum Gasteiger partial charge on any atom is 0.255 e. The van der Waals surface area contributed by atoms with Crippen LogP contribution in [-0.4, -0.2) is 19.0 Å². The van der Waals surface area contributed by atoms with Gasteiger partial charge in [0.15, 0.2) is 0 Å². The van der Waals surface area contributed by atoms with Crippen molar-refractivity contribution in [1.82, 2.24) is 0 Å². The Balaban J connectivity index is 1.64. The van der Waals surface area contributed by atoms with Crippen LogP contribution in [0.5, 0.6) is 0 Å². The Hall–Kier alpha value is -2.29. The number of hydrogen-bond donors (Lipinski definition) is 1. The molecule has 0 atom stereocenters. The van der Waals surface area contributed by atoms with Crippen molar-refractivity contribution in [3.63, 3.8) is 0 Å². The molecule has 0 unspecified atom stereocenters. The van der Waals surface area contributed by atoms with Gasteiger partial charge in [0.2, 0.25) is 0 Å². The molecule has 1 aliphatic rings. The third-order valence-electron chi connectivity index (χ3n) is 4.41. The minimum atomic E-state index is -0.0625. The monoisotopic (exact) mass is 308 g/mol. The number of anilines is 2. The van der Waals surface area contributed by atoms with E-state index >= 15 is 0 Å². The van der Waals surface area contributed by atoms with E-state index in [1.807, 2.05) is 43.3 Å². The maximum absolute atomic E-state index is 12.2. The quantitative estimate of drug-likeness (QED) is 0.896. The summed E-state index contributed by atoms with van der Waals surface area (Å²) in [5.74, 6) is -0.0625. The van der Waals surface area contributed by atoms with Gasteiger partial charge in [-0.2, -0.15) is 0 Å². The lowest BCUT2D eigenvalue weighted by Crippen LogP contribution is -2.23. The molecule has 0 saturated carbocycles. The van der Waals surface area contributed by atoms with Gasteiger partial charge in [0.25, 0.3) is 5.91 Å². The zero-order valence-electron chi connectivity index (χ0n) is 13.7. The van der Waals surface area contributed by atoms with Crippen molar-refractivity contribution in [2.45, 2.75) is 32.6 Å². The number of carbonyl (C=O) groups excluding carboxylic acids is 1. The molecule has 0 aliphatic carbocycles. The number of rotatable bonds is 3. The largest absolute Gasteiger partial charge is 0.372 e.